The van der Waals surface area contributed by atoms with Crippen LogP contribution in [0, 0.1) is 13.8 Å². The second kappa shape index (κ2) is 10.7. The van der Waals surface area contributed by atoms with Crippen LogP contribution in [0.1, 0.15) is 11.1 Å². The Hall–Kier alpha value is -3.43. The SMILES string of the molecule is COc1ccc(S(=O)(=O)N2C[C@H](C(=O)NCCOc3cc(C)ccc3C)Oc3ccc(Cl)cc32)cc1. The van der Waals surface area contributed by atoms with Gasteiger partial charge in [0.05, 0.1) is 30.8 Å². The average molecular weight is 531 g/mol. The van der Waals surface area contributed by atoms with Gasteiger partial charge in [0.2, 0.25) is 0 Å². The molecule has 1 aliphatic heterocycles. The highest BCUT2D eigenvalue weighted by Crippen LogP contribution is 2.39. The third-order valence-corrected chi connectivity index (χ3v) is 7.76. The van der Waals surface area contributed by atoms with E-state index in [9.17, 15) is 13.2 Å². The minimum atomic E-state index is -4.02. The predicted octanol–water partition coefficient (Wildman–Crippen LogP) is 4.12. The molecule has 0 bridgehead atoms. The molecule has 0 aliphatic carbocycles. The van der Waals surface area contributed by atoms with Crippen molar-refractivity contribution in [3.05, 3.63) is 76.8 Å². The lowest BCUT2D eigenvalue weighted by Gasteiger charge is -2.34. The summed E-state index contributed by atoms with van der Waals surface area (Å²) in [5.41, 5.74) is 2.34. The van der Waals surface area contributed by atoms with Crippen LogP contribution < -0.4 is 23.8 Å². The van der Waals surface area contributed by atoms with E-state index in [4.69, 9.17) is 25.8 Å². The monoisotopic (exact) mass is 530 g/mol. The number of sulfonamides is 1. The van der Waals surface area contributed by atoms with E-state index in [0.29, 0.717) is 10.8 Å². The van der Waals surface area contributed by atoms with Gasteiger partial charge in [0, 0.05) is 5.02 Å². The topological polar surface area (TPSA) is 94.2 Å². The molecule has 4 rings (SSSR count). The number of nitrogens with zero attached hydrogens (tertiary/aromatic N) is 1. The number of rotatable bonds is 8. The van der Waals surface area contributed by atoms with Crippen molar-refractivity contribution >= 4 is 33.2 Å². The van der Waals surface area contributed by atoms with E-state index in [1.165, 1.54) is 25.3 Å². The van der Waals surface area contributed by atoms with Crippen molar-refractivity contribution in [1.82, 2.24) is 5.32 Å². The number of ether oxygens (including phenoxy) is 3. The Morgan fingerprint density at radius 3 is 2.58 bits per heavy atom. The van der Waals surface area contributed by atoms with Gasteiger partial charge in [0.15, 0.2) is 6.10 Å². The van der Waals surface area contributed by atoms with Gasteiger partial charge >= 0.3 is 0 Å². The van der Waals surface area contributed by atoms with Crippen LogP contribution >= 0.6 is 11.6 Å². The molecule has 0 saturated heterocycles. The third kappa shape index (κ3) is 5.52. The molecule has 0 fully saturated rings. The molecule has 10 heteroatoms. The van der Waals surface area contributed by atoms with Crippen molar-refractivity contribution in [3.63, 3.8) is 0 Å². The maximum absolute atomic E-state index is 13.5. The van der Waals surface area contributed by atoms with Crippen LogP contribution in [0.15, 0.2) is 65.6 Å². The van der Waals surface area contributed by atoms with E-state index in [2.05, 4.69) is 5.32 Å². The molecule has 190 valence electrons. The number of anilines is 1. The van der Waals surface area contributed by atoms with Gasteiger partial charge in [-0.15, -0.1) is 0 Å². The quantitative estimate of drug-likeness (QED) is 0.440. The summed E-state index contributed by atoms with van der Waals surface area (Å²) in [6.45, 7) is 4.19. The van der Waals surface area contributed by atoms with Crippen molar-refractivity contribution in [1.29, 1.82) is 0 Å². The van der Waals surface area contributed by atoms with Gasteiger partial charge in [-0.05, 0) is 73.5 Å². The van der Waals surface area contributed by atoms with E-state index in [-0.39, 0.29) is 36.0 Å². The lowest BCUT2D eigenvalue weighted by Crippen LogP contribution is -2.51. The van der Waals surface area contributed by atoms with Crippen molar-refractivity contribution in [2.24, 2.45) is 0 Å². The molecule has 0 saturated carbocycles. The molecule has 0 aromatic heterocycles. The summed E-state index contributed by atoms with van der Waals surface area (Å²) in [6.07, 6.45) is -1.06. The first kappa shape index (κ1) is 25.7. The minimum absolute atomic E-state index is 0.0530. The Morgan fingerprint density at radius 2 is 1.86 bits per heavy atom. The molecule has 3 aromatic carbocycles. The molecule has 8 nitrogen and oxygen atoms in total. The van der Waals surface area contributed by atoms with Crippen LogP contribution in [0.5, 0.6) is 17.2 Å². The molecular weight excluding hydrogens is 504 g/mol. The smallest absolute Gasteiger partial charge is 0.264 e. The largest absolute Gasteiger partial charge is 0.497 e. The van der Waals surface area contributed by atoms with Crippen LogP contribution in [-0.2, 0) is 14.8 Å². The van der Waals surface area contributed by atoms with Crippen molar-refractivity contribution < 1.29 is 27.4 Å². The zero-order valence-electron chi connectivity index (χ0n) is 20.2. The second-order valence-electron chi connectivity index (χ2n) is 8.34. The van der Waals surface area contributed by atoms with E-state index < -0.39 is 22.0 Å². The molecule has 0 radical (unpaired) electrons. The minimum Gasteiger partial charge on any atom is -0.497 e. The molecule has 0 unspecified atom stereocenters. The fourth-order valence-corrected chi connectivity index (χ4v) is 5.41. The van der Waals surface area contributed by atoms with Gasteiger partial charge < -0.3 is 19.5 Å². The number of nitrogens with one attached hydrogen (secondary N) is 1. The first-order valence-corrected chi connectivity index (χ1v) is 13.1. The lowest BCUT2D eigenvalue weighted by atomic mass is 10.1. The van der Waals surface area contributed by atoms with Gasteiger partial charge in [0.1, 0.15) is 23.9 Å². The molecule has 3 aromatic rings. The van der Waals surface area contributed by atoms with Crippen LogP contribution in [-0.4, -0.2) is 47.2 Å². The highest BCUT2D eigenvalue weighted by Gasteiger charge is 2.37. The Kier molecular flexibility index (Phi) is 7.61. The molecule has 1 aliphatic rings. The molecule has 1 amide bonds. The number of halogens is 1. The molecule has 0 spiro atoms. The van der Waals surface area contributed by atoms with Crippen molar-refractivity contribution in [2.75, 3.05) is 31.1 Å². The highest BCUT2D eigenvalue weighted by atomic mass is 35.5. The fourth-order valence-electron chi connectivity index (χ4n) is 3.78. The van der Waals surface area contributed by atoms with Crippen molar-refractivity contribution in [3.8, 4) is 17.2 Å². The average Bonchev–Trinajstić information content (AvgIpc) is 2.87. The summed E-state index contributed by atoms with van der Waals surface area (Å²) in [6, 6.07) is 16.6. The van der Waals surface area contributed by atoms with E-state index >= 15 is 0 Å². The maximum Gasteiger partial charge on any atom is 0.264 e. The number of carbonyl (C=O) groups is 1. The lowest BCUT2D eigenvalue weighted by molar-refractivity contribution is -0.127. The maximum atomic E-state index is 13.5. The van der Waals surface area contributed by atoms with Gasteiger partial charge in [-0.25, -0.2) is 8.42 Å². The van der Waals surface area contributed by atoms with E-state index in [1.807, 2.05) is 32.0 Å². The summed E-state index contributed by atoms with van der Waals surface area (Å²) >= 11 is 6.15. The number of fused-ring (bicyclic) bond motifs is 1. The van der Waals surface area contributed by atoms with E-state index in [1.54, 1.807) is 24.3 Å². The zero-order valence-corrected chi connectivity index (χ0v) is 21.7. The first-order chi connectivity index (χ1) is 17.2. The molecule has 1 atom stereocenters. The van der Waals surface area contributed by atoms with E-state index in [0.717, 1.165) is 21.2 Å². The molecule has 1 heterocycles. The number of benzene rings is 3. The molecule has 1 N–H and O–H groups in total. The predicted molar refractivity (Wildman–Crippen MR) is 138 cm³/mol. The summed E-state index contributed by atoms with van der Waals surface area (Å²) in [5, 5.41) is 3.12. The zero-order chi connectivity index (χ0) is 25.9. The third-order valence-electron chi connectivity index (χ3n) is 5.73. The number of amides is 1. The number of hydrogen-bond donors (Lipinski definition) is 1. The summed E-state index contributed by atoms with van der Waals surface area (Å²) in [7, 11) is -2.52. The van der Waals surface area contributed by atoms with Crippen LogP contribution in [0.2, 0.25) is 5.02 Å². The summed E-state index contributed by atoms with van der Waals surface area (Å²) < 4.78 is 45.0. The number of aryl methyl sites for hydroxylation is 2. The standard InChI is InChI=1S/C26H27ClN2O6S/c1-17-4-5-18(2)24(14-17)34-13-12-28-26(30)25-16-29(22-15-19(27)6-11-23(22)35-25)36(31,32)21-9-7-20(33-3)8-10-21/h4-11,14-15,25H,12-13,16H2,1-3H3,(H,28,30)/t25-/m1/s1. The normalized spacial score (nSPS) is 15.0. The van der Waals surface area contributed by atoms with Crippen LogP contribution in [0.4, 0.5) is 5.69 Å². The van der Waals surface area contributed by atoms with Crippen LogP contribution in [0.3, 0.4) is 0 Å². The van der Waals surface area contributed by atoms with Gasteiger partial charge in [-0.2, -0.15) is 0 Å². The van der Waals surface area contributed by atoms with Gasteiger partial charge in [0.25, 0.3) is 15.9 Å². The first-order valence-electron chi connectivity index (χ1n) is 11.3. The van der Waals surface area contributed by atoms with Crippen LogP contribution in [0.25, 0.3) is 0 Å². The number of hydrogen-bond acceptors (Lipinski definition) is 6. The summed E-state index contributed by atoms with van der Waals surface area (Å²) in [4.78, 5) is 13.0. The molecule has 36 heavy (non-hydrogen) atoms. The Labute approximate surface area is 215 Å². The Bertz CT molecular complexity index is 1360. The molecular formula is C26H27ClN2O6S. The highest BCUT2D eigenvalue weighted by molar-refractivity contribution is 7.92. The van der Waals surface area contributed by atoms with Crippen molar-refractivity contribution in [2.45, 2.75) is 24.8 Å². The summed E-state index contributed by atoms with van der Waals surface area (Å²) in [5.74, 6) is 1.07. The van der Waals surface area contributed by atoms with Gasteiger partial charge in [-0.3, -0.25) is 9.10 Å². The fraction of sp³-hybridized carbons (Fsp3) is 0.269. The number of methoxy groups -OCH3 is 1. The Balaban J connectivity index is 1.49. The Morgan fingerprint density at radius 1 is 1.11 bits per heavy atom. The van der Waals surface area contributed by atoms with Gasteiger partial charge in [-0.1, -0.05) is 23.7 Å². The number of carbonyl (C=O) groups excluding carboxylic acids is 1. The second-order valence-corrected chi connectivity index (χ2v) is 10.6.